The second kappa shape index (κ2) is 8.16. The van der Waals surface area contributed by atoms with Crippen molar-refractivity contribution in [1.82, 2.24) is 24.5 Å². The zero-order chi connectivity index (χ0) is 20.4. The number of carbonyl (C=O) groups is 2. The molecule has 2 atom stereocenters. The van der Waals surface area contributed by atoms with Crippen LogP contribution >= 0.6 is 0 Å². The van der Waals surface area contributed by atoms with Gasteiger partial charge in [-0.2, -0.15) is 10.2 Å². The van der Waals surface area contributed by atoms with Crippen molar-refractivity contribution >= 4 is 11.9 Å². The number of hydrogen-bond acceptors (Lipinski definition) is 5. The normalized spacial score (nSPS) is 18.2. The first-order chi connectivity index (χ1) is 13.3. The van der Waals surface area contributed by atoms with E-state index in [0.29, 0.717) is 31.9 Å². The summed E-state index contributed by atoms with van der Waals surface area (Å²) in [4.78, 5) is 27.1. The van der Waals surface area contributed by atoms with Gasteiger partial charge in [0.15, 0.2) is 0 Å². The average molecular weight is 387 g/mol. The Labute approximate surface area is 165 Å². The van der Waals surface area contributed by atoms with Gasteiger partial charge in [-0.3, -0.25) is 19.0 Å². The van der Waals surface area contributed by atoms with Gasteiger partial charge in [0.2, 0.25) is 0 Å². The van der Waals surface area contributed by atoms with Gasteiger partial charge in [0.25, 0.3) is 5.91 Å². The summed E-state index contributed by atoms with van der Waals surface area (Å²) >= 11 is 0. The summed E-state index contributed by atoms with van der Waals surface area (Å²) in [5, 5.41) is 8.89. The van der Waals surface area contributed by atoms with E-state index in [1.807, 2.05) is 46.9 Å². The quantitative estimate of drug-likeness (QED) is 0.648. The van der Waals surface area contributed by atoms with Gasteiger partial charge in [0.1, 0.15) is 5.69 Å². The highest BCUT2D eigenvalue weighted by Crippen LogP contribution is 2.40. The number of hydrogen-bond donors (Lipinski definition) is 0. The third-order valence-electron chi connectivity index (χ3n) is 5.19. The Kier molecular flexibility index (Phi) is 5.86. The number of aryl methyl sites for hydroxylation is 4. The van der Waals surface area contributed by atoms with Gasteiger partial charge in [-0.05, 0) is 52.2 Å². The minimum atomic E-state index is -0.164. The van der Waals surface area contributed by atoms with E-state index in [2.05, 4.69) is 10.2 Å². The Morgan fingerprint density at radius 2 is 2.00 bits per heavy atom. The molecule has 1 fully saturated rings. The van der Waals surface area contributed by atoms with Crippen LogP contribution < -0.4 is 0 Å². The van der Waals surface area contributed by atoms with Crippen LogP contribution in [0.15, 0.2) is 12.1 Å². The lowest BCUT2D eigenvalue weighted by Crippen LogP contribution is -2.34. The van der Waals surface area contributed by atoms with E-state index < -0.39 is 0 Å². The molecule has 1 saturated carbocycles. The molecule has 0 unspecified atom stereocenters. The van der Waals surface area contributed by atoms with Crippen molar-refractivity contribution < 1.29 is 14.3 Å². The van der Waals surface area contributed by atoms with Crippen LogP contribution in [-0.4, -0.2) is 49.5 Å². The topological polar surface area (TPSA) is 82.2 Å². The first-order valence-corrected chi connectivity index (χ1v) is 9.83. The molecule has 8 heteroatoms. The molecule has 2 aromatic heterocycles. The zero-order valence-corrected chi connectivity index (χ0v) is 17.3. The second-order valence-electron chi connectivity index (χ2n) is 7.43. The Bertz CT molecular complexity index is 850. The summed E-state index contributed by atoms with van der Waals surface area (Å²) in [5.74, 6) is -0.228. The SMILES string of the molecule is CCOC(=O)[C@H]1C[C@@H]1CN(Cc1cc(C)n(C)n1)C(=O)c1cc(C)nn1CC. The summed E-state index contributed by atoms with van der Waals surface area (Å²) in [5.41, 5.74) is 3.25. The standard InChI is InChI=1S/C20H29N5O3/c1-6-25-18(8-13(3)21-25)19(26)24(12-16-9-14(4)23(5)22-16)11-15-10-17(15)20(27)28-7-2/h8-9,15,17H,6-7,10-12H2,1-5H3/t15-,17+/m1/s1. The largest absolute Gasteiger partial charge is 0.466 e. The number of ether oxygens (including phenoxy) is 1. The predicted molar refractivity (Wildman–Crippen MR) is 104 cm³/mol. The molecular weight excluding hydrogens is 358 g/mol. The van der Waals surface area contributed by atoms with Gasteiger partial charge in [0.05, 0.1) is 30.5 Å². The molecule has 3 rings (SSSR count). The third kappa shape index (κ3) is 4.26. The molecule has 1 amide bonds. The van der Waals surface area contributed by atoms with Crippen molar-refractivity contribution in [2.45, 2.75) is 47.2 Å². The van der Waals surface area contributed by atoms with E-state index in [1.165, 1.54) is 0 Å². The fraction of sp³-hybridized carbons (Fsp3) is 0.600. The van der Waals surface area contributed by atoms with Crippen molar-refractivity contribution in [1.29, 1.82) is 0 Å². The second-order valence-corrected chi connectivity index (χ2v) is 7.43. The lowest BCUT2D eigenvalue weighted by atomic mass is 10.2. The fourth-order valence-electron chi connectivity index (χ4n) is 3.52. The number of carbonyl (C=O) groups excluding carboxylic acids is 2. The van der Waals surface area contributed by atoms with Crippen LogP contribution in [0.2, 0.25) is 0 Å². The van der Waals surface area contributed by atoms with Crippen LogP contribution in [0, 0.1) is 25.7 Å². The van der Waals surface area contributed by atoms with Gasteiger partial charge in [-0.1, -0.05) is 0 Å². The molecule has 0 aliphatic heterocycles. The minimum Gasteiger partial charge on any atom is -0.466 e. The van der Waals surface area contributed by atoms with Gasteiger partial charge in [0, 0.05) is 25.8 Å². The Balaban J connectivity index is 1.80. The summed E-state index contributed by atoms with van der Waals surface area (Å²) in [6.45, 7) is 9.55. The maximum atomic E-state index is 13.3. The minimum absolute atomic E-state index is 0.0831. The molecular formula is C20H29N5O3. The van der Waals surface area contributed by atoms with E-state index in [1.54, 1.807) is 14.3 Å². The zero-order valence-electron chi connectivity index (χ0n) is 17.3. The Morgan fingerprint density at radius 3 is 2.61 bits per heavy atom. The summed E-state index contributed by atoms with van der Waals surface area (Å²) in [6, 6.07) is 3.80. The number of amides is 1. The third-order valence-corrected chi connectivity index (χ3v) is 5.19. The van der Waals surface area contributed by atoms with E-state index in [0.717, 1.165) is 23.5 Å². The van der Waals surface area contributed by atoms with E-state index in [-0.39, 0.29) is 23.7 Å². The highest BCUT2D eigenvalue weighted by atomic mass is 16.5. The summed E-state index contributed by atoms with van der Waals surface area (Å²) in [6.07, 6.45) is 0.760. The molecule has 0 bridgehead atoms. The predicted octanol–water partition coefficient (Wildman–Crippen LogP) is 2.09. The average Bonchev–Trinajstić information content (AvgIpc) is 3.21. The van der Waals surface area contributed by atoms with Gasteiger partial charge >= 0.3 is 5.97 Å². The number of nitrogens with zero attached hydrogens (tertiary/aromatic N) is 5. The molecule has 0 aromatic carbocycles. The smallest absolute Gasteiger partial charge is 0.309 e. The molecule has 2 aromatic rings. The van der Waals surface area contributed by atoms with Crippen molar-refractivity contribution in [2.75, 3.05) is 13.2 Å². The maximum Gasteiger partial charge on any atom is 0.309 e. The first kappa shape index (κ1) is 20.1. The molecule has 0 saturated heterocycles. The van der Waals surface area contributed by atoms with Crippen molar-refractivity contribution in [3.05, 3.63) is 34.9 Å². The van der Waals surface area contributed by atoms with E-state index in [9.17, 15) is 9.59 Å². The molecule has 0 spiro atoms. The van der Waals surface area contributed by atoms with Crippen molar-refractivity contribution in [2.24, 2.45) is 18.9 Å². The molecule has 8 nitrogen and oxygen atoms in total. The van der Waals surface area contributed by atoms with Crippen molar-refractivity contribution in [3.63, 3.8) is 0 Å². The molecule has 1 aliphatic rings. The molecule has 2 heterocycles. The van der Waals surface area contributed by atoms with E-state index >= 15 is 0 Å². The van der Waals surface area contributed by atoms with Gasteiger partial charge in [-0.15, -0.1) is 0 Å². The molecule has 28 heavy (non-hydrogen) atoms. The fourth-order valence-corrected chi connectivity index (χ4v) is 3.52. The highest BCUT2D eigenvalue weighted by Gasteiger charge is 2.45. The monoisotopic (exact) mass is 387 g/mol. The van der Waals surface area contributed by atoms with Crippen LogP contribution in [0.5, 0.6) is 0 Å². The Hall–Kier alpha value is -2.64. The molecule has 0 N–H and O–H groups in total. The number of aromatic nitrogens is 4. The summed E-state index contributed by atoms with van der Waals surface area (Å²) in [7, 11) is 1.89. The number of rotatable bonds is 8. The van der Waals surface area contributed by atoms with Crippen LogP contribution in [0.3, 0.4) is 0 Å². The van der Waals surface area contributed by atoms with Gasteiger partial charge < -0.3 is 9.64 Å². The lowest BCUT2D eigenvalue weighted by Gasteiger charge is -2.22. The Morgan fingerprint density at radius 1 is 1.25 bits per heavy atom. The first-order valence-electron chi connectivity index (χ1n) is 9.83. The van der Waals surface area contributed by atoms with Crippen LogP contribution in [0.4, 0.5) is 0 Å². The highest BCUT2D eigenvalue weighted by molar-refractivity contribution is 5.92. The number of esters is 1. The van der Waals surface area contributed by atoms with Crippen LogP contribution in [0.1, 0.15) is 47.8 Å². The van der Waals surface area contributed by atoms with Gasteiger partial charge in [-0.25, -0.2) is 0 Å². The lowest BCUT2D eigenvalue weighted by molar-refractivity contribution is -0.145. The van der Waals surface area contributed by atoms with E-state index in [4.69, 9.17) is 4.74 Å². The molecule has 0 radical (unpaired) electrons. The molecule has 152 valence electrons. The van der Waals surface area contributed by atoms with Crippen LogP contribution in [0.25, 0.3) is 0 Å². The summed E-state index contributed by atoms with van der Waals surface area (Å²) < 4.78 is 8.66. The van der Waals surface area contributed by atoms with Crippen molar-refractivity contribution in [3.8, 4) is 0 Å². The van der Waals surface area contributed by atoms with Crippen LogP contribution in [-0.2, 0) is 29.7 Å². The maximum absolute atomic E-state index is 13.3. The molecule has 1 aliphatic carbocycles.